The molecule has 0 heterocycles. The molecule has 0 aromatic heterocycles. The first-order valence-corrected chi connectivity index (χ1v) is 6.40. The minimum Gasteiger partial charge on any atom is -0.353 e. The zero-order valence-corrected chi connectivity index (χ0v) is 11.1. The van der Waals surface area contributed by atoms with E-state index in [1.54, 1.807) is 6.08 Å². The average Bonchev–Trinajstić information content (AvgIpc) is 2.42. The Morgan fingerprint density at radius 3 is 2.72 bits per heavy atom. The number of amides is 1. The Kier molecular flexibility index (Phi) is 6.81. The van der Waals surface area contributed by atoms with Crippen molar-refractivity contribution in [3.63, 3.8) is 0 Å². The maximum Gasteiger partial charge on any atom is 0.221 e. The molecule has 0 aliphatic carbocycles. The summed E-state index contributed by atoms with van der Waals surface area (Å²) in [5, 5.41) is 2.79. The van der Waals surface area contributed by atoms with E-state index >= 15 is 0 Å². The van der Waals surface area contributed by atoms with E-state index in [-0.39, 0.29) is 5.91 Å². The third kappa shape index (κ3) is 5.64. The van der Waals surface area contributed by atoms with Gasteiger partial charge in [0.2, 0.25) is 5.91 Å². The molecular formula is C15H22N2O. The summed E-state index contributed by atoms with van der Waals surface area (Å²) >= 11 is 0. The number of carbonyl (C=O) groups excluding carboxylic acids is 1. The number of hydrogen-bond acceptors (Lipinski definition) is 2. The third-order valence-electron chi connectivity index (χ3n) is 2.79. The van der Waals surface area contributed by atoms with Crippen LogP contribution in [0.1, 0.15) is 18.9 Å². The Balaban J connectivity index is 2.34. The fraction of sp³-hybridized carbons (Fsp3) is 0.400. The number of benzene rings is 1. The van der Waals surface area contributed by atoms with E-state index in [0.29, 0.717) is 13.0 Å². The fourth-order valence-corrected chi connectivity index (χ4v) is 1.72. The zero-order valence-electron chi connectivity index (χ0n) is 11.1. The zero-order chi connectivity index (χ0) is 13.2. The van der Waals surface area contributed by atoms with Gasteiger partial charge < -0.3 is 5.32 Å². The van der Waals surface area contributed by atoms with Crippen molar-refractivity contribution < 1.29 is 4.79 Å². The molecule has 0 atom stereocenters. The molecule has 0 spiro atoms. The molecule has 1 aromatic carbocycles. The monoisotopic (exact) mass is 246 g/mol. The van der Waals surface area contributed by atoms with E-state index in [0.717, 1.165) is 19.6 Å². The summed E-state index contributed by atoms with van der Waals surface area (Å²) in [6.45, 7) is 8.86. The molecule has 3 heteroatoms. The van der Waals surface area contributed by atoms with Crippen molar-refractivity contribution in [2.24, 2.45) is 0 Å². The highest BCUT2D eigenvalue weighted by Gasteiger charge is 2.06. The minimum absolute atomic E-state index is 0.0846. The summed E-state index contributed by atoms with van der Waals surface area (Å²) in [6.07, 6.45) is 2.23. The van der Waals surface area contributed by atoms with Gasteiger partial charge in [-0.05, 0) is 12.1 Å². The van der Waals surface area contributed by atoms with E-state index in [4.69, 9.17) is 0 Å². The van der Waals surface area contributed by atoms with Crippen LogP contribution in [-0.4, -0.2) is 30.4 Å². The topological polar surface area (TPSA) is 32.3 Å². The number of rotatable bonds is 8. The van der Waals surface area contributed by atoms with Gasteiger partial charge in [0.15, 0.2) is 0 Å². The second kappa shape index (κ2) is 8.48. The van der Waals surface area contributed by atoms with Crippen LogP contribution in [0.2, 0.25) is 0 Å². The molecule has 1 N–H and O–H groups in total. The van der Waals surface area contributed by atoms with E-state index in [1.807, 2.05) is 18.2 Å². The van der Waals surface area contributed by atoms with E-state index in [2.05, 4.69) is 35.9 Å². The SMILES string of the molecule is C=CCNC(=O)CCN(CC)Cc1ccccc1. The highest BCUT2D eigenvalue weighted by atomic mass is 16.1. The van der Waals surface area contributed by atoms with Gasteiger partial charge in [-0.25, -0.2) is 0 Å². The predicted molar refractivity (Wildman–Crippen MR) is 75.2 cm³/mol. The van der Waals surface area contributed by atoms with Gasteiger partial charge in [0.1, 0.15) is 0 Å². The van der Waals surface area contributed by atoms with Crippen LogP contribution < -0.4 is 5.32 Å². The Morgan fingerprint density at radius 2 is 2.11 bits per heavy atom. The van der Waals surface area contributed by atoms with Crippen molar-refractivity contribution in [3.8, 4) is 0 Å². The molecule has 0 aliphatic heterocycles. The lowest BCUT2D eigenvalue weighted by Crippen LogP contribution is -2.30. The molecule has 0 saturated carbocycles. The minimum atomic E-state index is 0.0846. The van der Waals surface area contributed by atoms with Crippen LogP contribution in [-0.2, 0) is 11.3 Å². The number of carbonyl (C=O) groups is 1. The molecule has 0 radical (unpaired) electrons. The lowest BCUT2D eigenvalue weighted by Gasteiger charge is -2.20. The Bertz CT molecular complexity index is 362. The molecule has 98 valence electrons. The Hall–Kier alpha value is -1.61. The lowest BCUT2D eigenvalue weighted by molar-refractivity contribution is -0.121. The summed E-state index contributed by atoms with van der Waals surface area (Å²) in [6, 6.07) is 10.3. The largest absolute Gasteiger partial charge is 0.353 e. The van der Waals surface area contributed by atoms with Gasteiger partial charge in [-0.1, -0.05) is 43.3 Å². The van der Waals surface area contributed by atoms with Gasteiger partial charge in [0.25, 0.3) is 0 Å². The standard InChI is InChI=1S/C15H22N2O/c1-3-11-16-15(18)10-12-17(4-2)13-14-8-6-5-7-9-14/h3,5-9H,1,4,10-13H2,2H3,(H,16,18). The van der Waals surface area contributed by atoms with Crippen LogP contribution in [0.5, 0.6) is 0 Å². The van der Waals surface area contributed by atoms with E-state index in [9.17, 15) is 4.79 Å². The van der Waals surface area contributed by atoms with Gasteiger partial charge in [-0.15, -0.1) is 6.58 Å². The van der Waals surface area contributed by atoms with Crippen molar-refractivity contribution in [1.82, 2.24) is 10.2 Å². The van der Waals surface area contributed by atoms with E-state index in [1.165, 1.54) is 5.56 Å². The molecule has 1 aromatic rings. The maximum atomic E-state index is 11.5. The second-order valence-corrected chi connectivity index (χ2v) is 4.20. The molecule has 0 unspecified atom stereocenters. The molecule has 3 nitrogen and oxygen atoms in total. The maximum absolute atomic E-state index is 11.5. The van der Waals surface area contributed by atoms with Crippen LogP contribution in [0.25, 0.3) is 0 Å². The highest BCUT2D eigenvalue weighted by Crippen LogP contribution is 2.04. The molecule has 0 aliphatic rings. The first kappa shape index (κ1) is 14.5. The smallest absolute Gasteiger partial charge is 0.221 e. The molecule has 0 bridgehead atoms. The van der Waals surface area contributed by atoms with Crippen molar-refractivity contribution in [3.05, 3.63) is 48.6 Å². The van der Waals surface area contributed by atoms with Crippen LogP contribution in [0, 0.1) is 0 Å². The third-order valence-corrected chi connectivity index (χ3v) is 2.79. The number of nitrogens with zero attached hydrogens (tertiary/aromatic N) is 1. The average molecular weight is 246 g/mol. The van der Waals surface area contributed by atoms with Crippen LogP contribution in [0.4, 0.5) is 0 Å². The number of nitrogens with one attached hydrogen (secondary N) is 1. The highest BCUT2D eigenvalue weighted by molar-refractivity contribution is 5.76. The molecule has 1 rings (SSSR count). The molecular weight excluding hydrogens is 224 g/mol. The summed E-state index contributed by atoms with van der Waals surface area (Å²) in [5.74, 6) is 0.0846. The molecule has 18 heavy (non-hydrogen) atoms. The first-order valence-electron chi connectivity index (χ1n) is 6.40. The first-order chi connectivity index (χ1) is 8.76. The Morgan fingerprint density at radius 1 is 1.39 bits per heavy atom. The van der Waals surface area contributed by atoms with Crippen LogP contribution in [0.3, 0.4) is 0 Å². The molecule has 1 amide bonds. The quantitative estimate of drug-likeness (QED) is 0.713. The lowest BCUT2D eigenvalue weighted by atomic mass is 10.2. The van der Waals surface area contributed by atoms with Crippen molar-refractivity contribution in [2.45, 2.75) is 19.9 Å². The van der Waals surface area contributed by atoms with Gasteiger partial charge >= 0.3 is 0 Å². The van der Waals surface area contributed by atoms with Gasteiger partial charge in [-0.2, -0.15) is 0 Å². The van der Waals surface area contributed by atoms with Gasteiger partial charge in [0.05, 0.1) is 0 Å². The van der Waals surface area contributed by atoms with E-state index < -0.39 is 0 Å². The number of hydrogen-bond donors (Lipinski definition) is 1. The molecule has 0 fully saturated rings. The van der Waals surface area contributed by atoms with Gasteiger partial charge in [0, 0.05) is 26.1 Å². The summed E-state index contributed by atoms with van der Waals surface area (Å²) < 4.78 is 0. The van der Waals surface area contributed by atoms with Crippen LogP contribution in [0.15, 0.2) is 43.0 Å². The van der Waals surface area contributed by atoms with Crippen molar-refractivity contribution >= 4 is 5.91 Å². The summed E-state index contributed by atoms with van der Waals surface area (Å²) in [5.41, 5.74) is 1.28. The molecule has 0 saturated heterocycles. The predicted octanol–water partition coefficient (Wildman–Crippen LogP) is 2.20. The fourth-order valence-electron chi connectivity index (χ4n) is 1.72. The van der Waals surface area contributed by atoms with Crippen molar-refractivity contribution in [2.75, 3.05) is 19.6 Å². The van der Waals surface area contributed by atoms with Crippen LogP contribution >= 0.6 is 0 Å². The summed E-state index contributed by atoms with van der Waals surface area (Å²) in [4.78, 5) is 13.8. The normalized spacial score (nSPS) is 10.3. The second-order valence-electron chi connectivity index (χ2n) is 4.20. The Labute approximate surface area is 109 Å². The van der Waals surface area contributed by atoms with Gasteiger partial charge in [-0.3, -0.25) is 9.69 Å². The summed E-state index contributed by atoms with van der Waals surface area (Å²) in [7, 11) is 0. The van der Waals surface area contributed by atoms with Crippen molar-refractivity contribution in [1.29, 1.82) is 0 Å².